The number of anilines is 2. The summed E-state index contributed by atoms with van der Waals surface area (Å²) in [5.74, 6) is -0.454. The van der Waals surface area contributed by atoms with Crippen molar-refractivity contribution in [1.29, 1.82) is 0 Å². The van der Waals surface area contributed by atoms with Crippen LogP contribution in [0.15, 0.2) is 18.2 Å². The van der Waals surface area contributed by atoms with Crippen molar-refractivity contribution in [1.82, 2.24) is 0 Å². The number of amides is 1. The van der Waals surface area contributed by atoms with E-state index in [-0.39, 0.29) is 18.8 Å². The molecular formula is C16H21FN2O6S. The van der Waals surface area contributed by atoms with Crippen LogP contribution in [0.1, 0.15) is 6.92 Å². The summed E-state index contributed by atoms with van der Waals surface area (Å²) in [5, 5.41) is 0. The van der Waals surface area contributed by atoms with E-state index in [1.807, 2.05) is 11.8 Å². The highest BCUT2D eigenvalue weighted by atomic mass is 32.2. The molecule has 2 fully saturated rings. The lowest BCUT2D eigenvalue weighted by atomic mass is 9.95. The maximum atomic E-state index is 14.5. The van der Waals surface area contributed by atoms with Crippen LogP contribution in [-0.4, -0.2) is 65.8 Å². The third-order valence-corrected chi connectivity index (χ3v) is 5.03. The molecule has 1 aromatic rings. The fourth-order valence-corrected chi connectivity index (χ4v) is 3.40. The molecule has 26 heavy (non-hydrogen) atoms. The van der Waals surface area contributed by atoms with Crippen LogP contribution in [0.25, 0.3) is 0 Å². The quantitative estimate of drug-likeness (QED) is 0.680. The van der Waals surface area contributed by atoms with Crippen LogP contribution in [0.2, 0.25) is 0 Å². The number of rotatable bonds is 6. The van der Waals surface area contributed by atoms with Gasteiger partial charge >= 0.3 is 6.09 Å². The highest BCUT2D eigenvalue weighted by molar-refractivity contribution is 7.85. The average molecular weight is 388 g/mol. The van der Waals surface area contributed by atoms with Crippen LogP contribution in [0.4, 0.5) is 20.6 Å². The predicted molar refractivity (Wildman–Crippen MR) is 92.4 cm³/mol. The smallest absolute Gasteiger partial charge is 0.414 e. The zero-order chi connectivity index (χ0) is 19.1. The van der Waals surface area contributed by atoms with E-state index < -0.39 is 28.1 Å². The van der Waals surface area contributed by atoms with Crippen molar-refractivity contribution in [3.8, 4) is 0 Å². The first-order valence-corrected chi connectivity index (χ1v) is 9.84. The number of hydrogen-bond donors (Lipinski definition) is 0. The Morgan fingerprint density at radius 3 is 2.65 bits per heavy atom. The molecule has 0 radical (unpaired) electrons. The van der Waals surface area contributed by atoms with Gasteiger partial charge in [0.15, 0.2) is 0 Å². The second-order valence-corrected chi connectivity index (χ2v) is 8.39. The number of benzene rings is 1. The van der Waals surface area contributed by atoms with Gasteiger partial charge < -0.3 is 14.4 Å². The van der Waals surface area contributed by atoms with Crippen molar-refractivity contribution >= 4 is 27.6 Å². The number of ether oxygens (including phenoxy) is 2. The highest BCUT2D eigenvalue weighted by Crippen LogP contribution is 2.34. The summed E-state index contributed by atoms with van der Waals surface area (Å²) in [4.78, 5) is 15.1. The summed E-state index contributed by atoms with van der Waals surface area (Å²) in [6, 6.07) is 4.49. The molecule has 0 unspecified atom stereocenters. The van der Waals surface area contributed by atoms with Gasteiger partial charge in [-0.2, -0.15) is 8.42 Å². The second-order valence-electron chi connectivity index (χ2n) is 6.75. The topological polar surface area (TPSA) is 85.4 Å². The number of carbonyl (C=O) groups is 1. The van der Waals surface area contributed by atoms with Crippen LogP contribution >= 0.6 is 0 Å². The van der Waals surface area contributed by atoms with Gasteiger partial charge in [0, 0.05) is 20.2 Å². The van der Waals surface area contributed by atoms with Gasteiger partial charge in [-0.15, -0.1) is 0 Å². The zero-order valence-corrected chi connectivity index (χ0v) is 15.6. The Morgan fingerprint density at radius 2 is 2.08 bits per heavy atom. The maximum absolute atomic E-state index is 14.5. The summed E-state index contributed by atoms with van der Waals surface area (Å²) >= 11 is 0. The van der Waals surface area contributed by atoms with E-state index in [0.717, 1.165) is 6.26 Å². The number of cyclic esters (lactones) is 1. The SMILES string of the molecule is COC1(C)CN(c2ccc(N3C[C@H](COS(C)(=O)=O)OC3=O)cc2F)C1. The van der Waals surface area contributed by atoms with Gasteiger partial charge in [0.05, 0.1) is 29.8 Å². The van der Waals surface area contributed by atoms with E-state index in [9.17, 15) is 17.6 Å². The van der Waals surface area contributed by atoms with Gasteiger partial charge in [0.25, 0.3) is 10.1 Å². The third kappa shape index (κ3) is 3.92. The molecule has 144 valence electrons. The number of halogens is 1. The Kier molecular flexibility index (Phi) is 4.84. The molecule has 3 rings (SSSR count). The van der Waals surface area contributed by atoms with Crippen molar-refractivity contribution in [2.24, 2.45) is 0 Å². The van der Waals surface area contributed by atoms with Crippen molar-refractivity contribution in [2.45, 2.75) is 18.6 Å². The molecule has 8 nitrogen and oxygen atoms in total. The fourth-order valence-electron chi connectivity index (χ4n) is 3.00. The maximum Gasteiger partial charge on any atom is 0.414 e. The van der Waals surface area contributed by atoms with Gasteiger partial charge in [0.1, 0.15) is 18.5 Å². The molecule has 0 spiro atoms. The lowest BCUT2D eigenvalue weighted by molar-refractivity contribution is -0.0170. The minimum Gasteiger partial charge on any atom is -0.441 e. The van der Waals surface area contributed by atoms with Crippen LogP contribution < -0.4 is 9.80 Å². The predicted octanol–water partition coefficient (Wildman–Crippen LogP) is 1.35. The van der Waals surface area contributed by atoms with E-state index in [2.05, 4.69) is 4.18 Å². The normalized spacial score (nSPS) is 22.3. The molecule has 0 aromatic heterocycles. The van der Waals surface area contributed by atoms with Crippen LogP contribution in [-0.2, 0) is 23.8 Å². The third-order valence-electron chi connectivity index (χ3n) is 4.47. The lowest BCUT2D eigenvalue weighted by Gasteiger charge is -2.48. The van der Waals surface area contributed by atoms with Gasteiger partial charge in [-0.3, -0.25) is 9.08 Å². The molecule has 0 saturated carbocycles. The molecule has 10 heteroatoms. The standard InChI is InChI=1S/C16H21FN2O6S/c1-16(23-2)9-18(10-16)14-5-4-11(6-13(14)17)19-7-12(25-15(19)20)8-24-26(3,21)22/h4-6,12H,7-10H2,1-3H3/t12-/m1/s1. The van der Waals surface area contributed by atoms with E-state index >= 15 is 0 Å². The minimum atomic E-state index is -3.63. The summed E-state index contributed by atoms with van der Waals surface area (Å²) in [5.41, 5.74) is 0.498. The monoisotopic (exact) mass is 388 g/mol. The molecule has 0 aliphatic carbocycles. The van der Waals surface area contributed by atoms with E-state index in [4.69, 9.17) is 9.47 Å². The summed E-state index contributed by atoms with van der Waals surface area (Å²) in [6.45, 7) is 2.92. The summed E-state index contributed by atoms with van der Waals surface area (Å²) < 4.78 is 51.6. The van der Waals surface area contributed by atoms with E-state index in [0.29, 0.717) is 24.5 Å². The van der Waals surface area contributed by atoms with Crippen LogP contribution in [0.3, 0.4) is 0 Å². The Hall–Kier alpha value is -1.91. The van der Waals surface area contributed by atoms with Gasteiger partial charge in [-0.05, 0) is 25.1 Å². The molecule has 2 heterocycles. The molecule has 1 aromatic carbocycles. The van der Waals surface area contributed by atoms with E-state index in [1.54, 1.807) is 19.2 Å². The Labute approximate surface area is 151 Å². The molecule has 0 bridgehead atoms. The van der Waals surface area contributed by atoms with Crippen molar-refractivity contribution in [2.75, 3.05) is 49.4 Å². The Balaban J connectivity index is 1.67. The molecular weight excluding hydrogens is 367 g/mol. The highest BCUT2D eigenvalue weighted by Gasteiger charge is 2.40. The fraction of sp³-hybridized carbons (Fsp3) is 0.562. The molecule has 0 N–H and O–H groups in total. The van der Waals surface area contributed by atoms with E-state index in [1.165, 1.54) is 11.0 Å². The number of carbonyl (C=O) groups excluding carboxylic acids is 1. The van der Waals surface area contributed by atoms with Gasteiger partial charge in [0.2, 0.25) is 0 Å². The first-order chi connectivity index (χ1) is 12.1. The van der Waals surface area contributed by atoms with Crippen LogP contribution in [0.5, 0.6) is 0 Å². The molecule has 2 aliphatic rings. The zero-order valence-electron chi connectivity index (χ0n) is 14.8. The molecule has 1 amide bonds. The summed E-state index contributed by atoms with van der Waals surface area (Å²) in [7, 11) is -2.00. The van der Waals surface area contributed by atoms with Crippen molar-refractivity contribution < 1.29 is 31.3 Å². The van der Waals surface area contributed by atoms with Crippen molar-refractivity contribution in [3.63, 3.8) is 0 Å². The van der Waals surface area contributed by atoms with Crippen molar-refractivity contribution in [3.05, 3.63) is 24.0 Å². The number of hydrogen-bond acceptors (Lipinski definition) is 7. The summed E-state index contributed by atoms with van der Waals surface area (Å²) in [6.07, 6.45) is -0.493. The Bertz CT molecular complexity index is 809. The molecule has 2 aliphatic heterocycles. The average Bonchev–Trinajstić information content (AvgIpc) is 2.90. The first-order valence-electron chi connectivity index (χ1n) is 8.02. The van der Waals surface area contributed by atoms with Gasteiger partial charge in [-0.1, -0.05) is 0 Å². The minimum absolute atomic E-state index is 0.0819. The molecule has 1 atom stereocenters. The lowest BCUT2D eigenvalue weighted by Crippen LogP contribution is -2.61. The molecule has 2 saturated heterocycles. The Morgan fingerprint density at radius 1 is 1.38 bits per heavy atom. The first kappa shape index (κ1) is 18.9. The largest absolute Gasteiger partial charge is 0.441 e. The van der Waals surface area contributed by atoms with Crippen LogP contribution in [0, 0.1) is 5.82 Å². The van der Waals surface area contributed by atoms with Gasteiger partial charge in [-0.25, -0.2) is 9.18 Å². The number of nitrogens with zero attached hydrogens (tertiary/aromatic N) is 2. The number of methoxy groups -OCH3 is 1. The second kappa shape index (κ2) is 6.67.